The summed E-state index contributed by atoms with van der Waals surface area (Å²) in [5.74, 6) is 1.61. The molecule has 7 heteroatoms. The number of nitrogens with zero attached hydrogens (tertiary/aromatic N) is 3. The van der Waals surface area contributed by atoms with Gasteiger partial charge in [-0.1, -0.05) is 24.3 Å². The summed E-state index contributed by atoms with van der Waals surface area (Å²) in [6, 6.07) is 12.8. The van der Waals surface area contributed by atoms with Gasteiger partial charge in [0.25, 0.3) is 0 Å². The summed E-state index contributed by atoms with van der Waals surface area (Å²) < 4.78 is 5.40. The fourth-order valence-electron chi connectivity index (χ4n) is 3.66. The molecule has 1 fully saturated rings. The molecule has 2 heterocycles. The van der Waals surface area contributed by atoms with Crippen LogP contribution in [0.15, 0.2) is 52.1 Å². The molecule has 168 valence electrons. The molecule has 0 radical (unpaired) electrons. The van der Waals surface area contributed by atoms with E-state index in [0.29, 0.717) is 18.5 Å². The Labute approximate surface area is 185 Å². The zero-order chi connectivity index (χ0) is 22.1. The fourth-order valence-corrected chi connectivity index (χ4v) is 3.66. The number of aliphatic imine (C=N–C) groups is 1. The number of benzene rings is 1. The van der Waals surface area contributed by atoms with E-state index in [1.54, 1.807) is 25.3 Å². The molecule has 2 aromatic rings. The number of carbonyl (C=O) groups is 1. The first-order chi connectivity index (χ1) is 15.0. The van der Waals surface area contributed by atoms with Crippen LogP contribution in [0.3, 0.4) is 0 Å². The lowest BCUT2D eigenvalue weighted by molar-refractivity contribution is -0.127. The van der Waals surface area contributed by atoms with E-state index in [0.717, 1.165) is 44.7 Å². The first-order valence-electron chi connectivity index (χ1n) is 11.1. The van der Waals surface area contributed by atoms with E-state index in [1.165, 1.54) is 11.1 Å². The standard InChI is InChI=1S/C24H35N5O2/c1-19-7-4-5-8-20(19)18-29-14-11-21(12-15-29)27-24(26-17-23(30)28(2)3)25-13-10-22-9-6-16-31-22/h4-9,16,21H,10-15,17-18H2,1-3H3,(H2,25,26,27). The number of hydrogen-bond donors (Lipinski definition) is 2. The molecule has 1 saturated heterocycles. The highest BCUT2D eigenvalue weighted by atomic mass is 16.3. The van der Waals surface area contributed by atoms with Crippen molar-refractivity contribution in [1.29, 1.82) is 0 Å². The maximum absolute atomic E-state index is 12.0. The Morgan fingerprint density at radius 2 is 1.97 bits per heavy atom. The molecular formula is C24H35N5O2. The number of carbonyl (C=O) groups excluding carboxylic acids is 1. The number of guanidine groups is 1. The normalized spacial score (nSPS) is 15.6. The molecule has 0 aliphatic carbocycles. The van der Waals surface area contributed by atoms with Crippen molar-refractivity contribution in [3.8, 4) is 0 Å². The third kappa shape index (κ3) is 7.43. The molecule has 0 spiro atoms. The smallest absolute Gasteiger partial charge is 0.243 e. The summed E-state index contributed by atoms with van der Waals surface area (Å²) in [7, 11) is 3.50. The first-order valence-corrected chi connectivity index (χ1v) is 11.1. The number of nitrogens with one attached hydrogen (secondary N) is 2. The second-order valence-corrected chi connectivity index (χ2v) is 8.33. The zero-order valence-corrected chi connectivity index (χ0v) is 18.9. The van der Waals surface area contributed by atoms with Crippen LogP contribution < -0.4 is 10.6 Å². The molecule has 0 saturated carbocycles. The molecular weight excluding hydrogens is 390 g/mol. The quantitative estimate of drug-likeness (QED) is 0.502. The first kappa shape index (κ1) is 22.9. The van der Waals surface area contributed by atoms with Gasteiger partial charge in [-0.3, -0.25) is 9.69 Å². The Morgan fingerprint density at radius 3 is 2.65 bits per heavy atom. The van der Waals surface area contributed by atoms with Crippen LogP contribution in [-0.4, -0.2) is 68.0 Å². The molecule has 0 bridgehead atoms. The summed E-state index contributed by atoms with van der Waals surface area (Å²) in [6.45, 7) is 6.09. The van der Waals surface area contributed by atoms with Gasteiger partial charge in [0, 0.05) is 52.7 Å². The van der Waals surface area contributed by atoms with E-state index in [9.17, 15) is 4.79 Å². The number of furan rings is 1. The third-order valence-electron chi connectivity index (χ3n) is 5.70. The van der Waals surface area contributed by atoms with Gasteiger partial charge in [-0.05, 0) is 43.0 Å². The Morgan fingerprint density at radius 1 is 1.19 bits per heavy atom. The molecule has 1 aliphatic heterocycles. The lowest BCUT2D eigenvalue weighted by Gasteiger charge is -2.33. The van der Waals surface area contributed by atoms with Crippen molar-refractivity contribution in [2.24, 2.45) is 4.99 Å². The summed E-state index contributed by atoms with van der Waals surface area (Å²) in [6.07, 6.45) is 4.55. The minimum Gasteiger partial charge on any atom is -0.469 e. The van der Waals surface area contributed by atoms with Crippen LogP contribution in [0, 0.1) is 6.92 Å². The minimum atomic E-state index is -0.0137. The summed E-state index contributed by atoms with van der Waals surface area (Å²) >= 11 is 0. The molecule has 1 aliphatic rings. The van der Waals surface area contributed by atoms with Crippen LogP contribution in [0.2, 0.25) is 0 Å². The molecule has 1 aromatic heterocycles. The molecule has 2 N–H and O–H groups in total. The number of piperidine rings is 1. The number of likely N-dealkylation sites (tertiary alicyclic amines) is 1. The van der Waals surface area contributed by atoms with E-state index < -0.39 is 0 Å². The molecule has 0 atom stereocenters. The molecule has 31 heavy (non-hydrogen) atoms. The molecule has 7 nitrogen and oxygen atoms in total. The summed E-state index contributed by atoms with van der Waals surface area (Å²) in [5.41, 5.74) is 2.75. The van der Waals surface area contributed by atoms with Gasteiger partial charge >= 0.3 is 0 Å². The lowest BCUT2D eigenvalue weighted by Crippen LogP contribution is -2.49. The zero-order valence-electron chi connectivity index (χ0n) is 18.9. The third-order valence-corrected chi connectivity index (χ3v) is 5.70. The van der Waals surface area contributed by atoms with Crippen molar-refractivity contribution in [3.05, 3.63) is 59.5 Å². The Bertz CT molecular complexity index is 839. The van der Waals surface area contributed by atoms with E-state index in [1.807, 2.05) is 12.1 Å². The van der Waals surface area contributed by atoms with Gasteiger partial charge in [0.1, 0.15) is 12.3 Å². The maximum Gasteiger partial charge on any atom is 0.243 e. The Hall–Kier alpha value is -2.80. The summed E-state index contributed by atoms with van der Waals surface area (Å²) in [5, 5.41) is 6.89. The topological polar surface area (TPSA) is 73.1 Å². The van der Waals surface area contributed by atoms with E-state index in [2.05, 4.69) is 51.7 Å². The SMILES string of the molecule is Cc1ccccc1CN1CCC(NC(=NCC(=O)N(C)C)NCCc2ccco2)CC1. The van der Waals surface area contributed by atoms with Crippen molar-refractivity contribution in [3.63, 3.8) is 0 Å². The molecule has 1 aromatic carbocycles. The highest BCUT2D eigenvalue weighted by Gasteiger charge is 2.20. The van der Waals surface area contributed by atoms with Crippen LogP contribution in [0.1, 0.15) is 29.7 Å². The van der Waals surface area contributed by atoms with Gasteiger partial charge in [0.2, 0.25) is 5.91 Å². The average Bonchev–Trinajstić information content (AvgIpc) is 3.28. The highest BCUT2D eigenvalue weighted by molar-refractivity contribution is 5.84. The molecule has 1 amide bonds. The number of amides is 1. The van der Waals surface area contributed by atoms with Crippen molar-refractivity contribution in [2.45, 2.75) is 38.8 Å². The maximum atomic E-state index is 12.0. The minimum absolute atomic E-state index is 0.0137. The van der Waals surface area contributed by atoms with Gasteiger partial charge in [-0.2, -0.15) is 0 Å². The Balaban J connectivity index is 1.50. The molecule has 3 rings (SSSR count). The van der Waals surface area contributed by atoms with Crippen molar-refractivity contribution in [1.82, 2.24) is 20.4 Å². The second kappa shape index (κ2) is 11.6. The number of rotatable bonds is 8. The number of hydrogen-bond acceptors (Lipinski definition) is 4. The van der Waals surface area contributed by atoms with Crippen LogP contribution >= 0.6 is 0 Å². The number of likely N-dealkylation sites (N-methyl/N-ethyl adjacent to an activating group) is 1. The van der Waals surface area contributed by atoms with Crippen molar-refractivity contribution >= 4 is 11.9 Å². The van der Waals surface area contributed by atoms with E-state index >= 15 is 0 Å². The van der Waals surface area contributed by atoms with E-state index in [4.69, 9.17) is 4.42 Å². The van der Waals surface area contributed by atoms with Gasteiger partial charge in [-0.25, -0.2) is 4.99 Å². The Kier molecular flexibility index (Phi) is 8.53. The molecule has 0 unspecified atom stereocenters. The van der Waals surface area contributed by atoms with Crippen LogP contribution in [0.25, 0.3) is 0 Å². The number of aryl methyl sites for hydroxylation is 1. The monoisotopic (exact) mass is 425 g/mol. The second-order valence-electron chi connectivity index (χ2n) is 8.33. The van der Waals surface area contributed by atoms with Crippen LogP contribution in [0.4, 0.5) is 0 Å². The van der Waals surface area contributed by atoms with Crippen molar-refractivity contribution in [2.75, 3.05) is 40.3 Å². The van der Waals surface area contributed by atoms with Gasteiger partial charge < -0.3 is 20.0 Å². The predicted molar refractivity (Wildman–Crippen MR) is 124 cm³/mol. The average molecular weight is 426 g/mol. The predicted octanol–water partition coefficient (Wildman–Crippen LogP) is 2.42. The van der Waals surface area contributed by atoms with Gasteiger partial charge in [-0.15, -0.1) is 0 Å². The summed E-state index contributed by atoms with van der Waals surface area (Å²) in [4.78, 5) is 20.6. The van der Waals surface area contributed by atoms with Gasteiger partial charge in [0.05, 0.1) is 6.26 Å². The lowest BCUT2D eigenvalue weighted by atomic mass is 10.0. The highest BCUT2D eigenvalue weighted by Crippen LogP contribution is 2.16. The van der Waals surface area contributed by atoms with Crippen LogP contribution in [-0.2, 0) is 17.8 Å². The van der Waals surface area contributed by atoms with Crippen molar-refractivity contribution < 1.29 is 9.21 Å². The fraction of sp³-hybridized carbons (Fsp3) is 0.500. The largest absolute Gasteiger partial charge is 0.469 e. The van der Waals surface area contributed by atoms with E-state index in [-0.39, 0.29) is 12.5 Å². The van der Waals surface area contributed by atoms with Crippen LogP contribution in [0.5, 0.6) is 0 Å². The van der Waals surface area contributed by atoms with Gasteiger partial charge in [0.15, 0.2) is 5.96 Å².